The van der Waals surface area contributed by atoms with E-state index in [1.807, 2.05) is 36.4 Å². The van der Waals surface area contributed by atoms with Crippen LogP contribution in [0.25, 0.3) is 11.5 Å². The minimum absolute atomic E-state index is 0.266. The molecule has 3 rings (SSSR count). The van der Waals surface area contributed by atoms with E-state index in [0.29, 0.717) is 22.0 Å². The highest BCUT2D eigenvalue weighted by Crippen LogP contribution is 2.24. The van der Waals surface area contributed by atoms with Crippen LogP contribution >= 0.6 is 23.8 Å². The van der Waals surface area contributed by atoms with Crippen LogP contribution in [0.1, 0.15) is 5.56 Å². The van der Waals surface area contributed by atoms with Crippen LogP contribution in [0, 0.1) is 0 Å². The molecule has 2 aromatic carbocycles. The molecule has 4 nitrogen and oxygen atoms in total. The molecule has 0 radical (unpaired) electrons. The van der Waals surface area contributed by atoms with Gasteiger partial charge in [0, 0.05) is 28.9 Å². The highest BCUT2D eigenvalue weighted by molar-refractivity contribution is 7.81. The second-order valence-electron chi connectivity index (χ2n) is 5.63. The van der Waals surface area contributed by atoms with Crippen LogP contribution in [0.4, 0.5) is 5.69 Å². The van der Waals surface area contributed by atoms with Crippen LogP contribution in [0.5, 0.6) is 5.75 Å². The number of nitrogens with one attached hydrogen (secondary N) is 1. The first-order valence-corrected chi connectivity index (χ1v) is 8.97. The van der Waals surface area contributed by atoms with Gasteiger partial charge in [-0.25, -0.2) is 0 Å². The maximum atomic E-state index is 13.2. The number of hydrogen-bond donors (Lipinski definition) is 1. The van der Waals surface area contributed by atoms with Crippen molar-refractivity contribution in [3.63, 3.8) is 0 Å². The monoisotopic (exact) mass is 396 g/mol. The molecule has 0 aliphatic heterocycles. The quantitative estimate of drug-likeness (QED) is 0.309. The Morgan fingerprint density at radius 1 is 1.04 bits per heavy atom. The van der Waals surface area contributed by atoms with Gasteiger partial charge in [-0.15, -0.1) is 0 Å². The Hall–Kier alpha value is -2.89. The number of nitrogens with zero attached hydrogens (tertiary/aromatic N) is 1. The van der Waals surface area contributed by atoms with Gasteiger partial charge in [0.25, 0.3) is 0 Å². The average molecular weight is 397 g/mol. The number of anilines is 1. The third-order valence-electron chi connectivity index (χ3n) is 3.85. The van der Waals surface area contributed by atoms with Crippen molar-refractivity contribution in [3.8, 4) is 5.75 Å². The molecule has 1 heterocycles. The largest absolute Gasteiger partial charge is 0.867 e. The molecule has 0 fully saturated rings. The predicted octanol–water partition coefficient (Wildman–Crippen LogP) is 3.76. The molecule has 0 aliphatic rings. The lowest BCUT2D eigenvalue weighted by atomic mass is 10.1. The second-order valence-corrected chi connectivity index (χ2v) is 6.44. The summed E-state index contributed by atoms with van der Waals surface area (Å²) in [6, 6.07) is 19.8. The Morgan fingerprint density at radius 3 is 2.48 bits per heavy atom. The first kappa shape index (κ1) is 18.9. The molecule has 1 N–H and O–H groups in total. The van der Waals surface area contributed by atoms with Crippen LogP contribution < -0.4 is 19.7 Å². The second kappa shape index (κ2) is 8.66. The normalized spacial score (nSPS) is 11.5. The number of benzene rings is 2. The van der Waals surface area contributed by atoms with Crippen molar-refractivity contribution in [2.45, 2.75) is 0 Å². The molecule has 0 amide bonds. The van der Waals surface area contributed by atoms with Gasteiger partial charge in [-0.2, -0.15) is 4.57 Å². The summed E-state index contributed by atoms with van der Waals surface area (Å²) in [6.07, 6.45) is 3.53. The van der Waals surface area contributed by atoms with E-state index in [-0.39, 0.29) is 10.7 Å². The van der Waals surface area contributed by atoms with Gasteiger partial charge in [0.1, 0.15) is 5.75 Å². The van der Waals surface area contributed by atoms with E-state index < -0.39 is 0 Å². The van der Waals surface area contributed by atoms with Gasteiger partial charge in [-0.05, 0) is 29.5 Å². The summed E-state index contributed by atoms with van der Waals surface area (Å²) < 4.78 is 6.92. The highest BCUT2D eigenvalue weighted by Gasteiger charge is 2.19. The maximum Gasteiger partial charge on any atom is 0.238 e. The standard InChI is InChI=1S/C21H17ClN2O2S/c1-26-16-9-7-8-15(14-16)23-21(27)19(24-12-5-2-6-13-24)20(25)17-10-3-4-11-18(17)22/h2-14H,1H3,(H-,23,25,27). The zero-order valence-corrected chi connectivity index (χ0v) is 16.1. The first-order chi connectivity index (χ1) is 13.1. The van der Waals surface area contributed by atoms with Crippen molar-refractivity contribution < 1.29 is 14.4 Å². The third-order valence-corrected chi connectivity index (χ3v) is 4.47. The van der Waals surface area contributed by atoms with Crippen molar-refractivity contribution in [3.05, 3.63) is 89.7 Å². The Bertz CT molecular complexity index is 990. The minimum Gasteiger partial charge on any atom is -0.867 e. The molecule has 0 unspecified atom stereocenters. The molecule has 0 saturated carbocycles. The van der Waals surface area contributed by atoms with Gasteiger partial charge in [0.15, 0.2) is 17.4 Å². The lowest BCUT2D eigenvalue weighted by Gasteiger charge is -2.18. The van der Waals surface area contributed by atoms with E-state index in [0.717, 1.165) is 5.69 Å². The predicted molar refractivity (Wildman–Crippen MR) is 110 cm³/mol. The fourth-order valence-corrected chi connectivity index (χ4v) is 3.09. The molecular formula is C21H17ClN2O2S. The number of hydrogen-bond acceptors (Lipinski definition) is 3. The van der Waals surface area contributed by atoms with Gasteiger partial charge in [-0.1, -0.05) is 54.2 Å². The van der Waals surface area contributed by atoms with Crippen molar-refractivity contribution in [1.29, 1.82) is 0 Å². The van der Waals surface area contributed by atoms with Gasteiger partial charge in [0.05, 0.1) is 7.11 Å². The van der Waals surface area contributed by atoms with E-state index in [1.54, 1.807) is 54.4 Å². The smallest absolute Gasteiger partial charge is 0.238 e. The Balaban J connectivity index is 2.06. The van der Waals surface area contributed by atoms with Crippen LogP contribution in [0.2, 0.25) is 5.02 Å². The van der Waals surface area contributed by atoms with E-state index in [9.17, 15) is 5.11 Å². The van der Waals surface area contributed by atoms with Crippen molar-refractivity contribution in [1.82, 2.24) is 0 Å². The molecule has 3 aromatic rings. The van der Waals surface area contributed by atoms with Crippen molar-refractivity contribution in [2.24, 2.45) is 0 Å². The van der Waals surface area contributed by atoms with Gasteiger partial charge >= 0.3 is 0 Å². The van der Waals surface area contributed by atoms with Gasteiger partial charge < -0.3 is 15.2 Å². The topological polar surface area (TPSA) is 48.2 Å². The summed E-state index contributed by atoms with van der Waals surface area (Å²) in [5.41, 5.74) is 1.42. The number of ether oxygens (including phenoxy) is 1. The molecule has 0 saturated heterocycles. The molecule has 0 aliphatic carbocycles. The summed E-state index contributed by atoms with van der Waals surface area (Å²) in [4.78, 5) is 0.282. The van der Waals surface area contributed by atoms with E-state index in [2.05, 4.69) is 5.32 Å². The lowest BCUT2D eigenvalue weighted by molar-refractivity contribution is -0.577. The maximum absolute atomic E-state index is 13.2. The Labute approximate surface area is 168 Å². The van der Waals surface area contributed by atoms with E-state index in [1.165, 1.54) is 0 Å². The van der Waals surface area contributed by atoms with Crippen molar-refractivity contribution >= 4 is 46.0 Å². The zero-order valence-electron chi connectivity index (χ0n) is 14.6. The van der Waals surface area contributed by atoms with E-state index in [4.69, 9.17) is 28.6 Å². The van der Waals surface area contributed by atoms with Gasteiger partial charge in [-0.3, -0.25) is 0 Å². The summed E-state index contributed by atoms with van der Waals surface area (Å²) in [6.45, 7) is 0. The average Bonchev–Trinajstić information content (AvgIpc) is 2.69. The van der Waals surface area contributed by atoms with Crippen LogP contribution in [0.15, 0.2) is 79.1 Å². The molecule has 27 heavy (non-hydrogen) atoms. The molecule has 6 heteroatoms. The fraction of sp³-hybridized carbons (Fsp3) is 0.0476. The SMILES string of the molecule is COc1cccc(NC(=S)C(=C([O-])c2ccccc2Cl)[n+]2ccccc2)c1. The first-order valence-electron chi connectivity index (χ1n) is 8.18. The summed E-state index contributed by atoms with van der Waals surface area (Å²) >= 11 is 11.8. The van der Waals surface area contributed by atoms with E-state index >= 15 is 0 Å². The Kier molecular flexibility index (Phi) is 6.06. The third kappa shape index (κ3) is 4.45. The number of rotatable bonds is 5. The minimum atomic E-state index is -0.266. The van der Waals surface area contributed by atoms with Crippen LogP contribution in [-0.2, 0) is 0 Å². The number of aromatic nitrogens is 1. The lowest BCUT2D eigenvalue weighted by Crippen LogP contribution is -2.39. The number of thiocarbonyl (C=S) groups is 1. The van der Waals surface area contributed by atoms with Crippen LogP contribution in [0.3, 0.4) is 0 Å². The van der Waals surface area contributed by atoms with Gasteiger partial charge in [0.2, 0.25) is 5.70 Å². The fourth-order valence-electron chi connectivity index (χ4n) is 2.55. The number of pyridine rings is 1. The summed E-state index contributed by atoms with van der Waals surface area (Å²) in [5.74, 6) is 0.423. The number of methoxy groups -OCH3 is 1. The molecule has 0 atom stereocenters. The summed E-state index contributed by atoms with van der Waals surface area (Å²) in [7, 11) is 1.59. The highest BCUT2D eigenvalue weighted by atomic mass is 35.5. The molecular weight excluding hydrogens is 380 g/mol. The molecule has 0 bridgehead atoms. The van der Waals surface area contributed by atoms with Crippen molar-refractivity contribution in [2.75, 3.05) is 12.4 Å². The number of halogens is 1. The molecule has 1 aromatic heterocycles. The molecule has 0 spiro atoms. The Morgan fingerprint density at radius 2 is 1.78 bits per heavy atom. The summed E-state index contributed by atoms with van der Waals surface area (Å²) in [5, 5.41) is 16.7. The molecule has 136 valence electrons. The zero-order chi connectivity index (χ0) is 19.2. The van der Waals surface area contributed by atoms with Crippen LogP contribution in [-0.4, -0.2) is 12.1 Å².